The Kier molecular flexibility index (Phi) is 7.05. The Morgan fingerprint density at radius 3 is 2.71 bits per heavy atom. The van der Waals surface area contributed by atoms with E-state index in [1.165, 1.54) is 27.9 Å². The van der Waals surface area contributed by atoms with Crippen LogP contribution in [0.2, 0.25) is 0 Å². The molecule has 0 fully saturated rings. The Bertz CT molecular complexity index is 1270. The van der Waals surface area contributed by atoms with Crippen molar-refractivity contribution < 1.29 is 4.79 Å². The van der Waals surface area contributed by atoms with Crippen LogP contribution in [0.15, 0.2) is 90.0 Å². The summed E-state index contributed by atoms with van der Waals surface area (Å²) in [6.45, 7) is 4.05. The van der Waals surface area contributed by atoms with E-state index in [0.29, 0.717) is 23.6 Å². The molecule has 5 heteroatoms. The lowest BCUT2D eigenvalue weighted by Crippen LogP contribution is -2.29. The summed E-state index contributed by atoms with van der Waals surface area (Å²) in [7, 11) is 0. The number of allylic oxidation sites excluding steroid dienone is 2. The van der Waals surface area contributed by atoms with E-state index < -0.39 is 0 Å². The maximum Gasteiger partial charge on any atom is 0.250 e. The molecule has 0 saturated carbocycles. The van der Waals surface area contributed by atoms with Crippen molar-refractivity contribution in [1.29, 1.82) is 0 Å². The number of hydrazone groups is 1. The number of rotatable bonds is 7. The number of carbonyl (C=O) groups excluding carboxylic acids is 1. The zero-order valence-electron chi connectivity index (χ0n) is 20.2. The lowest BCUT2D eigenvalue weighted by Gasteiger charge is -2.37. The maximum absolute atomic E-state index is 12.3. The summed E-state index contributed by atoms with van der Waals surface area (Å²) in [4.78, 5) is 12.3. The highest BCUT2D eigenvalue weighted by atomic mass is 32.2. The van der Waals surface area contributed by atoms with Gasteiger partial charge in [0.05, 0.1) is 17.5 Å². The first-order chi connectivity index (χ1) is 17.1. The van der Waals surface area contributed by atoms with E-state index >= 15 is 0 Å². The molecule has 2 aliphatic rings. The van der Waals surface area contributed by atoms with Crippen LogP contribution in [0.25, 0.3) is 0 Å². The SMILES string of the molecule is C/C(=N/NC(=O)CSCc1ccccc1C)c1ccc2c(c1)[C@@H]1C=CC[C@@H]1[C@H](c1ccccc1)N2. The molecule has 178 valence electrons. The first-order valence-corrected chi connectivity index (χ1v) is 13.3. The molecule has 1 aliphatic heterocycles. The number of hydrogen-bond acceptors (Lipinski definition) is 4. The minimum absolute atomic E-state index is 0.0768. The van der Waals surface area contributed by atoms with Gasteiger partial charge in [0.25, 0.3) is 0 Å². The number of aryl methyl sites for hydroxylation is 1. The number of benzene rings is 3. The summed E-state index contributed by atoms with van der Waals surface area (Å²) in [6.07, 6.45) is 5.73. The van der Waals surface area contributed by atoms with Gasteiger partial charge in [0.1, 0.15) is 0 Å². The van der Waals surface area contributed by atoms with Gasteiger partial charge in [0, 0.05) is 17.4 Å². The highest BCUT2D eigenvalue weighted by Gasteiger charge is 2.37. The lowest BCUT2D eigenvalue weighted by atomic mass is 9.76. The predicted octanol–water partition coefficient (Wildman–Crippen LogP) is 6.60. The van der Waals surface area contributed by atoms with Crippen molar-refractivity contribution in [3.05, 3.63) is 113 Å². The monoisotopic (exact) mass is 481 g/mol. The summed E-state index contributed by atoms with van der Waals surface area (Å²) < 4.78 is 0. The minimum atomic E-state index is -0.0768. The van der Waals surface area contributed by atoms with E-state index in [2.05, 4.69) is 95.6 Å². The van der Waals surface area contributed by atoms with Gasteiger partial charge < -0.3 is 5.32 Å². The molecule has 0 unspecified atom stereocenters. The van der Waals surface area contributed by atoms with Gasteiger partial charge in [-0.2, -0.15) is 5.10 Å². The zero-order valence-corrected chi connectivity index (χ0v) is 21.0. The molecule has 0 bridgehead atoms. The first-order valence-electron chi connectivity index (χ1n) is 12.2. The lowest BCUT2D eigenvalue weighted by molar-refractivity contribution is -0.118. The number of nitrogens with zero attached hydrogens (tertiary/aromatic N) is 1. The fraction of sp³-hybridized carbons (Fsp3) is 0.267. The number of hydrogen-bond donors (Lipinski definition) is 2. The zero-order chi connectivity index (χ0) is 24.2. The Balaban J connectivity index is 1.24. The van der Waals surface area contributed by atoms with Gasteiger partial charge in [-0.15, -0.1) is 11.8 Å². The van der Waals surface area contributed by atoms with Crippen LogP contribution in [0, 0.1) is 12.8 Å². The largest absolute Gasteiger partial charge is 0.378 e. The fourth-order valence-corrected chi connectivity index (χ4v) is 5.97. The van der Waals surface area contributed by atoms with Gasteiger partial charge in [-0.25, -0.2) is 5.43 Å². The second-order valence-corrected chi connectivity index (χ2v) is 10.3. The summed E-state index contributed by atoms with van der Waals surface area (Å²) in [6, 6.07) is 25.8. The highest BCUT2D eigenvalue weighted by Crippen LogP contribution is 2.49. The molecular weight excluding hydrogens is 450 g/mol. The summed E-state index contributed by atoms with van der Waals surface area (Å²) >= 11 is 1.61. The van der Waals surface area contributed by atoms with Crippen molar-refractivity contribution in [2.24, 2.45) is 11.0 Å². The number of fused-ring (bicyclic) bond motifs is 3. The van der Waals surface area contributed by atoms with Crippen molar-refractivity contribution in [2.45, 2.75) is 38.0 Å². The van der Waals surface area contributed by atoms with Crippen molar-refractivity contribution in [3.8, 4) is 0 Å². The van der Waals surface area contributed by atoms with E-state index in [0.717, 1.165) is 23.4 Å². The minimum Gasteiger partial charge on any atom is -0.378 e. The maximum atomic E-state index is 12.3. The Morgan fingerprint density at radius 2 is 1.89 bits per heavy atom. The molecular formula is C30H31N3OS. The Hall–Kier alpha value is -3.31. The van der Waals surface area contributed by atoms with Crippen molar-refractivity contribution in [3.63, 3.8) is 0 Å². The molecule has 35 heavy (non-hydrogen) atoms. The van der Waals surface area contributed by atoms with Crippen LogP contribution in [0.1, 0.15) is 53.1 Å². The van der Waals surface area contributed by atoms with Crippen LogP contribution >= 0.6 is 11.8 Å². The third-order valence-corrected chi connectivity index (χ3v) is 8.02. The number of thioether (sulfide) groups is 1. The molecule has 0 spiro atoms. The van der Waals surface area contributed by atoms with Crippen molar-refractivity contribution in [2.75, 3.05) is 11.1 Å². The molecule has 3 aromatic rings. The summed E-state index contributed by atoms with van der Waals surface area (Å²) in [5, 5.41) is 8.19. The molecule has 2 N–H and O–H groups in total. The van der Waals surface area contributed by atoms with Gasteiger partial charge in [0.15, 0.2) is 0 Å². The third-order valence-electron chi connectivity index (χ3n) is 7.04. The van der Waals surface area contributed by atoms with Crippen LogP contribution in [-0.4, -0.2) is 17.4 Å². The average molecular weight is 482 g/mol. The molecule has 0 saturated heterocycles. The molecule has 1 heterocycles. The number of amides is 1. The van der Waals surface area contributed by atoms with Crippen molar-refractivity contribution in [1.82, 2.24) is 5.43 Å². The van der Waals surface area contributed by atoms with E-state index in [1.807, 2.05) is 19.1 Å². The number of nitrogens with one attached hydrogen (secondary N) is 2. The second kappa shape index (κ2) is 10.5. The molecule has 3 aromatic carbocycles. The van der Waals surface area contributed by atoms with Gasteiger partial charge in [0.2, 0.25) is 5.91 Å². The van der Waals surface area contributed by atoms with Gasteiger partial charge in [-0.05, 0) is 66.1 Å². The Morgan fingerprint density at radius 1 is 1.09 bits per heavy atom. The standard InChI is InChI=1S/C30H31N3OS/c1-20-9-6-7-12-24(20)18-35-19-29(34)33-32-21(2)23-15-16-28-27(17-23)25-13-8-14-26(25)30(31-28)22-10-4-3-5-11-22/h3-13,15-17,25-26,30-31H,14,18-19H2,1-2H3,(H,33,34)/b32-21-/t25-,26+,30+/m1/s1. The first kappa shape index (κ1) is 23.4. The molecule has 0 aromatic heterocycles. The molecule has 5 rings (SSSR count). The smallest absolute Gasteiger partial charge is 0.250 e. The molecule has 1 aliphatic carbocycles. The normalized spacial score (nSPS) is 20.6. The fourth-order valence-electron chi connectivity index (χ4n) is 5.08. The predicted molar refractivity (Wildman–Crippen MR) is 147 cm³/mol. The number of anilines is 1. The molecule has 3 atom stereocenters. The highest BCUT2D eigenvalue weighted by molar-refractivity contribution is 7.99. The van der Waals surface area contributed by atoms with E-state index in [4.69, 9.17) is 0 Å². The third kappa shape index (κ3) is 5.20. The van der Waals surface area contributed by atoms with Crippen LogP contribution in [0.4, 0.5) is 5.69 Å². The second-order valence-electron chi connectivity index (χ2n) is 9.34. The van der Waals surface area contributed by atoms with Crippen molar-refractivity contribution >= 4 is 29.1 Å². The van der Waals surface area contributed by atoms with E-state index in [1.54, 1.807) is 11.8 Å². The number of carbonyl (C=O) groups is 1. The molecule has 0 radical (unpaired) electrons. The summed E-state index contributed by atoms with van der Waals surface area (Å²) in [5.74, 6) is 2.01. The van der Waals surface area contributed by atoms with Crippen LogP contribution in [0.5, 0.6) is 0 Å². The van der Waals surface area contributed by atoms with Crippen LogP contribution in [0.3, 0.4) is 0 Å². The van der Waals surface area contributed by atoms with Gasteiger partial charge in [-0.1, -0.05) is 72.8 Å². The molecule has 4 nitrogen and oxygen atoms in total. The Labute approximate surface area is 211 Å². The van der Waals surface area contributed by atoms with Crippen LogP contribution in [-0.2, 0) is 10.5 Å². The molecule has 1 amide bonds. The topological polar surface area (TPSA) is 53.5 Å². The van der Waals surface area contributed by atoms with Gasteiger partial charge in [-0.3, -0.25) is 4.79 Å². The van der Waals surface area contributed by atoms with E-state index in [9.17, 15) is 4.79 Å². The van der Waals surface area contributed by atoms with Gasteiger partial charge >= 0.3 is 0 Å². The summed E-state index contributed by atoms with van der Waals surface area (Å²) in [5.41, 5.74) is 10.9. The average Bonchev–Trinajstić information content (AvgIpc) is 3.38. The van der Waals surface area contributed by atoms with E-state index in [-0.39, 0.29) is 5.91 Å². The quantitative estimate of drug-likeness (QED) is 0.227. The van der Waals surface area contributed by atoms with Crippen LogP contribution < -0.4 is 10.7 Å².